The van der Waals surface area contributed by atoms with Crippen LogP contribution in [0.2, 0.25) is 5.02 Å². The van der Waals surface area contributed by atoms with Gasteiger partial charge >= 0.3 is 0 Å². The molecule has 1 aliphatic rings. The number of hydrogen-bond donors (Lipinski definition) is 2. The predicted octanol–water partition coefficient (Wildman–Crippen LogP) is 6.64. The van der Waals surface area contributed by atoms with Gasteiger partial charge in [-0.15, -0.1) is 11.3 Å². The molecule has 0 radical (unpaired) electrons. The normalized spacial score (nSPS) is 17.1. The molecule has 40 heavy (non-hydrogen) atoms. The van der Waals surface area contributed by atoms with E-state index in [1.54, 1.807) is 31.4 Å². The Kier molecular flexibility index (Phi) is 8.40. The zero-order valence-electron chi connectivity index (χ0n) is 22.4. The maximum absolute atomic E-state index is 14.6. The molecule has 2 amide bonds. The number of nitrogens with two attached hydrogens (primary N) is 1. The Balaban J connectivity index is 1.53. The molecular formula is C31H31ClFN3O3S. The summed E-state index contributed by atoms with van der Waals surface area (Å²) in [5.41, 5.74) is 8.50. The minimum atomic E-state index is -0.483. The number of methoxy groups -OCH3 is 1. The Morgan fingerprint density at radius 1 is 1.07 bits per heavy atom. The molecule has 0 bridgehead atoms. The van der Waals surface area contributed by atoms with Crippen LogP contribution in [0.15, 0.2) is 60.7 Å². The van der Waals surface area contributed by atoms with E-state index in [0.29, 0.717) is 33.5 Å². The van der Waals surface area contributed by atoms with Crippen molar-refractivity contribution in [1.82, 2.24) is 10.2 Å². The maximum Gasteiger partial charge on any atom is 0.266 e. The number of hydrogen-bond acceptors (Lipinski definition) is 5. The average molecular weight is 580 g/mol. The minimum absolute atomic E-state index is 0.00793. The van der Waals surface area contributed by atoms with Crippen molar-refractivity contribution in [1.29, 1.82) is 0 Å². The summed E-state index contributed by atoms with van der Waals surface area (Å²) in [4.78, 5) is 27.9. The van der Waals surface area contributed by atoms with Crippen LogP contribution in [0.3, 0.4) is 0 Å². The van der Waals surface area contributed by atoms with Gasteiger partial charge in [0.1, 0.15) is 16.4 Å². The summed E-state index contributed by atoms with van der Waals surface area (Å²) in [6.07, 6.45) is 3.57. The summed E-state index contributed by atoms with van der Waals surface area (Å²) in [5, 5.41) is 3.80. The predicted molar refractivity (Wildman–Crippen MR) is 159 cm³/mol. The molecule has 208 valence electrons. The molecule has 1 fully saturated rings. The highest BCUT2D eigenvalue weighted by molar-refractivity contribution is 7.21. The molecule has 3 N–H and O–H groups in total. The zero-order valence-corrected chi connectivity index (χ0v) is 23.9. The standard InChI is InChI=1S/C31H31ClFN3O3S/c1-35-22-11-13-23(14-12-22)36(31(38)29-28(32)27-24(33)4-3-5-26(27)40-29)17-21-16-20(10-15-25(21)39-2)18-6-8-19(9-7-18)30(34)37/h3-10,15-16,22-23,35H,11-14,17H2,1-2H3,(H2,34,37)/t22-,23+. The van der Waals surface area contributed by atoms with Gasteiger partial charge in [-0.2, -0.15) is 0 Å². The van der Waals surface area contributed by atoms with Gasteiger partial charge in [-0.05, 0) is 80.3 Å². The van der Waals surface area contributed by atoms with E-state index in [-0.39, 0.29) is 22.4 Å². The topological polar surface area (TPSA) is 84.7 Å². The number of nitrogens with one attached hydrogen (secondary N) is 1. The summed E-state index contributed by atoms with van der Waals surface area (Å²) in [7, 11) is 3.57. The molecule has 9 heteroatoms. The summed E-state index contributed by atoms with van der Waals surface area (Å²) >= 11 is 7.87. The van der Waals surface area contributed by atoms with Gasteiger partial charge in [-0.25, -0.2) is 4.39 Å². The lowest BCUT2D eigenvalue weighted by atomic mass is 9.89. The molecule has 0 unspecified atom stereocenters. The third-order valence-corrected chi connectivity index (χ3v) is 9.36. The number of fused-ring (bicyclic) bond motifs is 1. The number of carbonyl (C=O) groups is 2. The third-order valence-electron chi connectivity index (χ3n) is 7.73. The van der Waals surface area contributed by atoms with Gasteiger partial charge in [0, 0.05) is 39.8 Å². The van der Waals surface area contributed by atoms with Gasteiger partial charge in [-0.3, -0.25) is 9.59 Å². The number of halogens is 2. The lowest BCUT2D eigenvalue weighted by Gasteiger charge is -2.37. The summed E-state index contributed by atoms with van der Waals surface area (Å²) in [6.45, 7) is 0.303. The fraction of sp³-hybridized carbons (Fsp3) is 0.290. The molecule has 1 saturated carbocycles. The fourth-order valence-electron chi connectivity index (χ4n) is 5.47. The second-order valence-corrected chi connectivity index (χ2v) is 11.5. The van der Waals surface area contributed by atoms with E-state index < -0.39 is 11.7 Å². The van der Waals surface area contributed by atoms with Gasteiger partial charge in [0.15, 0.2) is 0 Å². The number of amides is 2. The van der Waals surface area contributed by atoms with E-state index in [9.17, 15) is 14.0 Å². The Morgan fingerprint density at radius 2 is 1.77 bits per heavy atom. The van der Waals surface area contributed by atoms with Gasteiger partial charge in [0.2, 0.25) is 5.91 Å². The molecule has 1 aliphatic carbocycles. The number of ether oxygens (including phenoxy) is 1. The van der Waals surface area contributed by atoms with Crippen molar-refractivity contribution >= 4 is 44.8 Å². The van der Waals surface area contributed by atoms with Crippen molar-refractivity contribution in [2.24, 2.45) is 5.73 Å². The Morgan fingerprint density at radius 3 is 2.40 bits per heavy atom. The third kappa shape index (κ3) is 5.57. The van der Waals surface area contributed by atoms with Gasteiger partial charge in [0.05, 0.1) is 12.1 Å². The van der Waals surface area contributed by atoms with Crippen LogP contribution in [-0.4, -0.2) is 43.0 Å². The van der Waals surface area contributed by atoms with E-state index in [1.165, 1.54) is 17.4 Å². The molecule has 4 aromatic rings. The van der Waals surface area contributed by atoms with Crippen LogP contribution < -0.4 is 15.8 Å². The van der Waals surface area contributed by atoms with Crippen LogP contribution in [0.5, 0.6) is 5.75 Å². The Bertz CT molecular complexity index is 1550. The molecule has 1 heterocycles. The molecule has 3 aromatic carbocycles. The SMILES string of the molecule is CN[C@H]1CC[C@@H](N(Cc2cc(-c3ccc(C(N)=O)cc3)ccc2OC)C(=O)c2sc3cccc(F)c3c2Cl)CC1. The fourth-order valence-corrected chi connectivity index (χ4v) is 6.98. The minimum Gasteiger partial charge on any atom is -0.496 e. The smallest absolute Gasteiger partial charge is 0.266 e. The second-order valence-electron chi connectivity index (χ2n) is 10.1. The van der Waals surface area contributed by atoms with E-state index in [2.05, 4.69) is 5.32 Å². The van der Waals surface area contributed by atoms with Crippen molar-refractivity contribution < 1.29 is 18.7 Å². The van der Waals surface area contributed by atoms with Crippen LogP contribution >= 0.6 is 22.9 Å². The number of primary amides is 1. The van der Waals surface area contributed by atoms with E-state index >= 15 is 0 Å². The Labute approximate surface area is 241 Å². The summed E-state index contributed by atoms with van der Waals surface area (Å²) in [6, 6.07) is 18.1. The first-order valence-corrected chi connectivity index (χ1v) is 14.4. The van der Waals surface area contributed by atoms with Crippen molar-refractivity contribution in [3.05, 3.63) is 87.5 Å². The van der Waals surface area contributed by atoms with Crippen LogP contribution in [0.1, 0.15) is 51.3 Å². The molecule has 0 spiro atoms. The quantitative estimate of drug-likeness (QED) is 0.245. The van der Waals surface area contributed by atoms with E-state index in [4.69, 9.17) is 22.1 Å². The van der Waals surface area contributed by atoms with Gasteiger partial charge in [-0.1, -0.05) is 35.9 Å². The van der Waals surface area contributed by atoms with Crippen LogP contribution in [0.4, 0.5) is 4.39 Å². The highest BCUT2D eigenvalue weighted by atomic mass is 35.5. The number of rotatable bonds is 8. The van der Waals surface area contributed by atoms with Crippen molar-refractivity contribution in [2.75, 3.05) is 14.2 Å². The average Bonchev–Trinajstić information content (AvgIpc) is 3.32. The number of nitrogens with zero attached hydrogens (tertiary/aromatic N) is 1. The molecule has 0 atom stereocenters. The van der Waals surface area contributed by atoms with Crippen LogP contribution in [0, 0.1) is 5.82 Å². The molecule has 0 saturated heterocycles. The van der Waals surface area contributed by atoms with Crippen LogP contribution in [0.25, 0.3) is 21.2 Å². The molecule has 5 rings (SSSR count). The lowest BCUT2D eigenvalue weighted by molar-refractivity contribution is 0.0604. The molecule has 6 nitrogen and oxygen atoms in total. The van der Waals surface area contributed by atoms with Crippen molar-refractivity contribution in [3.63, 3.8) is 0 Å². The molecular weight excluding hydrogens is 549 g/mol. The summed E-state index contributed by atoms with van der Waals surface area (Å²) < 4.78 is 21.0. The first-order chi connectivity index (χ1) is 19.3. The molecule has 0 aliphatic heterocycles. The zero-order chi connectivity index (χ0) is 28.4. The first-order valence-electron chi connectivity index (χ1n) is 13.2. The lowest BCUT2D eigenvalue weighted by Crippen LogP contribution is -2.44. The maximum atomic E-state index is 14.6. The number of carbonyl (C=O) groups excluding carboxylic acids is 2. The van der Waals surface area contributed by atoms with E-state index in [0.717, 1.165) is 42.4 Å². The summed E-state index contributed by atoms with van der Waals surface area (Å²) in [5.74, 6) is -0.469. The molecule has 1 aromatic heterocycles. The van der Waals surface area contributed by atoms with E-state index in [1.807, 2.05) is 42.3 Å². The van der Waals surface area contributed by atoms with Crippen molar-refractivity contribution in [2.45, 2.75) is 44.3 Å². The largest absolute Gasteiger partial charge is 0.496 e. The first kappa shape index (κ1) is 28.1. The highest BCUT2D eigenvalue weighted by Crippen LogP contribution is 2.39. The van der Waals surface area contributed by atoms with Gasteiger partial charge < -0.3 is 20.7 Å². The number of benzene rings is 3. The highest BCUT2D eigenvalue weighted by Gasteiger charge is 2.32. The van der Waals surface area contributed by atoms with Crippen molar-refractivity contribution in [3.8, 4) is 16.9 Å². The second kappa shape index (κ2) is 12.0. The van der Waals surface area contributed by atoms with Crippen LogP contribution in [-0.2, 0) is 6.54 Å². The number of thiophene rings is 1. The Hall–Kier alpha value is -3.46. The monoisotopic (exact) mass is 579 g/mol. The van der Waals surface area contributed by atoms with Gasteiger partial charge in [0.25, 0.3) is 5.91 Å².